The van der Waals surface area contributed by atoms with Crippen molar-refractivity contribution in [1.29, 1.82) is 0 Å². The normalized spacial score (nSPS) is 33.6. The fourth-order valence-corrected chi connectivity index (χ4v) is 1.98. The molecule has 0 saturated heterocycles. The lowest BCUT2D eigenvalue weighted by Gasteiger charge is -2.25. The van der Waals surface area contributed by atoms with Crippen molar-refractivity contribution in [3.63, 3.8) is 0 Å². The highest BCUT2D eigenvalue weighted by atomic mass is 19.4. The van der Waals surface area contributed by atoms with E-state index in [1.165, 1.54) is 0 Å². The lowest BCUT2D eigenvalue weighted by molar-refractivity contribution is -0.258. The summed E-state index contributed by atoms with van der Waals surface area (Å²) in [6, 6.07) is 0. The zero-order valence-electron chi connectivity index (χ0n) is 8.19. The van der Waals surface area contributed by atoms with Crippen LogP contribution in [0.15, 0.2) is 0 Å². The molecule has 0 heterocycles. The molecule has 0 bridgehead atoms. The first kappa shape index (κ1) is 11.8. The molecule has 0 aromatic carbocycles. The summed E-state index contributed by atoms with van der Waals surface area (Å²) in [5.41, 5.74) is -2.43. The Balaban J connectivity index is 2.47. The Morgan fingerprint density at radius 2 is 2.14 bits per heavy atom. The molecule has 0 aromatic rings. The Morgan fingerprint density at radius 1 is 1.50 bits per heavy atom. The highest BCUT2D eigenvalue weighted by Crippen LogP contribution is 2.46. The van der Waals surface area contributed by atoms with Gasteiger partial charge in [0.05, 0.1) is 0 Å². The van der Waals surface area contributed by atoms with Crippen molar-refractivity contribution in [2.24, 2.45) is 5.92 Å². The van der Waals surface area contributed by atoms with E-state index in [0.29, 0.717) is 19.4 Å². The van der Waals surface area contributed by atoms with Gasteiger partial charge in [0.2, 0.25) is 0 Å². The number of nitrogens with one attached hydrogen (secondary N) is 1. The van der Waals surface area contributed by atoms with Crippen LogP contribution in [0.4, 0.5) is 13.2 Å². The fourth-order valence-electron chi connectivity index (χ4n) is 1.98. The molecule has 2 N–H and O–H groups in total. The van der Waals surface area contributed by atoms with E-state index in [4.69, 9.17) is 0 Å². The number of hydrogen-bond donors (Lipinski definition) is 2. The second-order valence-corrected chi connectivity index (χ2v) is 4.03. The smallest absolute Gasteiger partial charge is 0.380 e. The predicted molar refractivity (Wildman–Crippen MR) is 46.9 cm³/mol. The molecule has 2 unspecified atom stereocenters. The summed E-state index contributed by atoms with van der Waals surface area (Å²) in [6.45, 7) is 0.707. The Bertz CT molecular complexity index is 195. The third-order valence-electron chi connectivity index (χ3n) is 2.92. The van der Waals surface area contributed by atoms with Crippen LogP contribution in [0.5, 0.6) is 0 Å². The summed E-state index contributed by atoms with van der Waals surface area (Å²) < 4.78 is 37.1. The Morgan fingerprint density at radius 3 is 2.57 bits per heavy atom. The van der Waals surface area contributed by atoms with E-state index in [9.17, 15) is 18.3 Å². The number of aliphatic hydroxyl groups is 1. The van der Waals surface area contributed by atoms with Crippen molar-refractivity contribution in [1.82, 2.24) is 5.32 Å². The minimum Gasteiger partial charge on any atom is -0.380 e. The van der Waals surface area contributed by atoms with Gasteiger partial charge in [-0.25, -0.2) is 0 Å². The van der Waals surface area contributed by atoms with Crippen LogP contribution in [0.3, 0.4) is 0 Å². The highest BCUT2D eigenvalue weighted by Gasteiger charge is 2.56. The molecule has 5 heteroatoms. The van der Waals surface area contributed by atoms with E-state index in [2.05, 4.69) is 5.32 Å². The van der Waals surface area contributed by atoms with E-state index in [0.717, 1.165) is 0 Å². The molecular formula is C9H16F3NO. The van der Waals surface area contributed by atoms with Crippen LogP contribution in [0, 0.1) is 5.92 Å². The van der Waals surface area contributed by atoms with Crippen LogP contribution in [-0.2, 0) is 0 Å². The molecule has 84 valence electrons. The summed E-state index contributed by atoms with van der Waals surface area (Å²) in [4.78, 5) is 0. The zero-order chi connectivity index (χ0) is 10.8. The molecule has 1 saturated carbocycles. The van der Waals surface area contributed by atoms with E-state index in [1.54, 1.807) is 7.05 Å². The quantitative estimate of drug-likeness (QED) is 0.744. The van der Waals surface area contributed by atoms with Crippen molar-refractivity contribution >= 4 is 0 Å². The molecule has 1 fully saturated rings. The van der Waals surface area contributed by atoms with Crippen LogP contribution < -0.4 is 5.32 Å². The van der Waals surface area contributed by atoms with Crippen LogP contribution in [0.25, 0.3) is 0 Å². The van der Waals surface area contributed by atoms with Gasteiger partial charge in [0.1, 0.15) is 0 Å². The average Bonchev–Trinajstić information content (AvgIpc) is 2.44. The zero-order valence-corrected chi connectivity index (χ0v) is 8.19. The standard InChI is InChI=1S/C9H16F3NO/c1-13-5-3-7-2-4-8(14,6-7)9(10,11)12/h7,13-14H,2-6H2,1H3. The first-order valence-electron chi connectivity index (χ1n) is 4.83. The summed E-state index contributed by atoms with van der Waals surface area (Å²) in [5.74, 6) is -0.00549. The lowest BCUT2D eigenvalue weighted by atomic mass is 9.98. The molecule has 1 rings (SSSR count). The number of halogens is 3. The summed E-state index contributed by atoms with van der Waals surface area (Å²) in [7, 11) is 1.77. The Kier molecular flexibility index (Phi) is 3.42. The third kappa shape index (κ3) is 2.39. The number of alkyl halides is 3. The summed E-state index contributed by atoms with van der Waals surface area (Å²) >= 11 is 0. The van der Waals surface area contributed by atoms with Crippen LogP contribution in [0.2, 0.25) is 0 Å². The molecule has 2 atom stereocenters. The van der Waals surface area contributed by atoms with Crippen molar-refractivity contribution in [2.45, 2.75) is 37.5 Å². The minimum atomic E-state index is -4.47. The van der Waals surface area contributed by atoms with Gasteiger partial charge in [-0.05, 0) is 45.2 Å². The predicted octanol–water partition coefficient (Wildman–Crippen LogP) is 1.69. The molecule has 0 aliphatic heterocycles. The largest absolute Gasteiger partial charge is 0.417 e. The van der Waals surface area contributed by atoms with Crippen molar-refractivity contribution in [2.75, 3.05) is 13.6 Å². The number of rotatable bonds is 3. The fraction of sp³-hybridized carbons (Fsp3) is 1.00. The van der Waals surface area contributed by atoms with Crippen LogP contribution >= 0.6 is 0 Å². The topological polar surface area (TPSA) is 32.3 Å². The second-order valence-electron chi connectivity index (χ2n) is 4.03. The van der Waals surface area contributed by atoms with Gasteiger partial charge in [0, 0.05) is 0 Å². The molecule has 0 spiro atoms. The molecule has 1 aliphatic rings. The maximum Gasteiger partial charge on any atom is 0.417 e. The molecule has 14 heavy (non-hydrogen) atoms. The van der Waals surface area contributed by atoms with E-state index < -0.39 is 11.8 Å². The van der Waals surface area contributed by atoms with Gasteiger partial charge in [0.25, 0.3) is 0 Å². The van der Waals surface area contributed by atoms with Gasteiger partial charge >= 0.3 is 6.18 Å². The maximum atomic E-state index is 12.4. The lowest BCUT2D eigenvalue weighted by Crippen LogP contribution is -2.42. The first-order chi connectivity index (χ1) is 6.39. The Hall–Kier alpha value is -0.290. The van der Waals surface area contributed by atoms with E-state index in [1.807, 2.05) is 0 Å². The van der Waals surface area contributed by atoms with Gasteiger partial charge < -0.3 is 10.4 Å². The van der Waals surface area contributed by atoms with Crippen molar-refractivity contribution in [3.05, 3.63) is 0 Å². The second kappa shape index (κ2) is 4.06. The monoisotopic (exact) mass is 211 g/mol. The van der Waals surface area contributed by atoms with Gasteiger partial charge in [-0.15, -0.1) is 0 Å². The van der Waals surface area contributed by atoms with Gasteiger partial charge in [-0.3, -0.25) is 0 Å². The van der Waals surface area contributed by atoms with Crippen molar-refractivity contribution in [3.8, 4) is 0 Å². The van der Waals surface area contributed by atoms with Crippen molar-refractivity contribution < 1.29 is 18.3 Å². The SMILES string of the molecule is CNCCC1CCC(O)(C(F)(F)F)C1. The summed E-state index contributed by atoms with van der Waals surface area (Å²) in [5, 5.41) is 12.2. The third-order valence-corrected chi connectivity index (χ3v) is 2.92. The van der Waals surface area contributed by atoms with Crippen LogP contribution in [0.1, 0.15) is 25.7 Å². The van der Waals surface area contributed by atoms with Crippen LogP contribution in [-0.4, -0.2) is 30.5 Å². The first-order valence-corrected chi connectivity index (χ1v) is 4.83. The van der Waals surface area contributed by atoms with Gasteiger partial charge in [0.15, 0.2) is 5.60 Å². The summed E-state index contributed by atoms with van der Waals surface area (Å²) in [6.07, 6.45) is -3.59. The molecule has 0 aromatic heterocycles. The average molecular weight is 211 g/mol. The van der Waals surface area contributed by atoms with Gasteiger partial charge in [-0.2, -0.15) is 13.2 Å². The Labute approximate surface area is 81.5 Å². The molecule has 2 nitrogen and oxygen atoms in total. The molecule has 0 amide bonds. The molecular weight excluding hydrogens is 195 g/mol. The molecule has 1 aliphatic carbocycles. The van der Waals surface area contributed by atoms with E-state index >= 15 is 0 Å². The van der Waals surface area contributed by atoms with Gasteiger partial charge in [-0.1, -0.05) is 0 Å². The highest BCUT2D eigenvalue weighted by molar-refractivity contribution is 4.94. The molecule has 0 radical (unpaired) electrons. The van der Waals surface area contributed by atoms with E-state index in [-0.39, 0.29) is 18.8 Å². The minimum absolute atomic E-state index is 0.00549. The maximum absolute atomic E-state index is 12.4. The number of hydrogen-bond acceptors (Lipinski definition) is 2.